The summed E-state index contributed by atoms with van der Waals surface area (Å²) in [6.45, 7) is 19.9. The summed E-state index contributed by atoms with van der Waals surface area (Å²) in [6, 6.07) is 0. The lowest BCUT2D eigenvalue weighted by Crippen LogP contribution is -2.44. The molecule has 0 aromatic carbocycles. The van der Waals surface area contributed by atoms with Crippen LogP contribution in [0.4, 0.5) is 0 Å². The number of hydrogen-bond donors (Lipinski definition) is 0. The highest BCUT2D eigenvalue weighted by Crippen LogP contribution is 2.38. The summed E-state index contributed by atoms with van der Waals surface area (Å²) in [4.78, 5) is 15.4. The van der Waals surface area contributed by atoms with Gasteiger partial charge in [-0.15, -0.1) is 11.3 Å². The van der Waals surface area contributed by atoms with Crippen molar-refractivity contribution in [2.75, 3.05) is 0 Å². The van der Waals surface area contributed by atoms with Crippen LogP contribution >= 0.6 is 11.3 Å². The molecule has 29 heavy (non-hydrogen) atoms. The summed E-state index contributed by atoms with van der Waals surface area (Å²) in [6.07, 6.45) is 9.57. The average Bonchev–Trinajstić information content (AvgIpc) is 3.01. The Morgan fingerprint density at radius 1 is 1.31 bits per heavy atom. The molecular formula is C24H41NO2SSi. The van der Waals surface area contributed by atoms with Crippen molar-refractivity contribution in [3.8, 4) is 0 Å². The number of aldehydes is 1. The molecule has 0 N–H and O–H groups in total. The summed E-state index contributed by atoms with van der Waals surface area (Å²) in [5, 5.41) is 3.37. The molecular weight excluding hydrogens is 394 g/mol. The van der Waals surface area contributed by atoms with Gasteiger partial charge in [0.1, 0.15) is 6.29 Å². The number of aryl methyl sites for hydroxylation is 1. The van der Waals surface area contributed by atoms with Gasteiger partial charge in [-0.25, -0.2) is 4.98 Å². The molecule has 1 heterocycles. The summed E-state index contributed by atoms with van der Waals surface area (Å²) in [5.74, 6) is 0.157. The Morgan fingerprint density at radius 2 is 1.97 bits per heavy atom. The molecule has 0 spiro atoms. The predicted octanol–water partition coefficient (Wildman–Crippen LogP) is 7.59. The van der Waals surface area contributed by atoms with E-state index in [1.807, 2.05) is 13.8 Å². The fraction of sp³-hybridized carbons (Fsp3) is 0.667. The SMILES string of the molecule is C/C(=C/C[C@H](O[Si](C)(C)C(C)(C)C)/C(C)=C/c1csc(C)n1)CCC[C@H](C)C=O. The third kappa shape index (κ3) is 9.10. The minimum Gasteiger partial charge on any atom is -0.410 e. The van der Waals surface area contributed by atoms with E-state index in [0.29, 0.717) is 0 Å². The number of nitrogens with zero attached hydrogens (tertiary/aromatic N) is 1. The van der Waals surface area contributed by atoms with E-state index >= 15 is 0 Å². The normalized spacial score (nSPS) is 16.0. The predicted molar refractivity (Wildman–Crippen MR) is 130 cm³/mol. The second kappa shape index (κ2) is 11.4. The summed E-state index contributed by atoms with van der Waals surface area (Å²) in [7, 11) is -1.89. The number of hydrogen-bond acceptors (Lipinski definition) is 4. The molecule has 5 heteroatoms. The zero-order valence-corrected chi connectivity index (χ0v) is 21.8. The minimum absolute atomic E-state index is 0.0711. The van der Waals surface area contributed by atoms with Crippen LogP contribution in [0.15, 0.2) is 22.6 Å². The van der Waals surface area contributed by atoms with Crippen LogP contribution in [-0.2, 0) is 9.22 Å². The highest BCUT2D eigenvalue weighted by atomic mass is 32.1. The molecule has 0 unspecified atom stereocenters. The maximum atomic E-state index is 10.8. The Bertz CT molecular complexity index is 713. The van der Waals surface area contributed by atoms with Gasteiger partial charge in [0.2, 0.25) is 0 Å². The Kier molecular flexibility index (Phi) is 10.2. The van der Waals surface area contributed by atoms with Gasteiger partial charge in [0.15, 0.2) is 8.32 Å². The lowest BCUT2D eigenvalue weighted by molar-refractivity contribution is -0.110. The van der Waals surface area contributed by atoms with Crippen LogP contribution < -0.4 is 0 Å². The molecule has 0 aliphatic heterocycles. The molecule has 3 nitrogen and oxygen atoms in total. The van der Waals surface area contributed by atoms with Crippen molar-refractivity contribution < 1.29 is 9.22 Å². The molecule has 164 valence electrons. The van der Waals surface area contributed by atoms with Gasteiger partial charge in [0.05, 0.1) is 16.8 Å². The number of thiazole rings is 1. The first-order chi connectivity index (χ1) is 13.4. The molecule has 0 saturated heterocycles. The van der Waals surface area contributed by atoms with Crippen LogP contribution in [0, 0.1) is 12.8 Å². The lowest BCUT2D eigenvalue weighted by atomic mass is 10.0. The largest absolute Gasteiger partial charge is 0.410 e. The molecule has 0 radical (unpaired) electrons. The summed E-state index contributed by atoms with van der Waals surface area (Å²) in [5.41, 5.74) is 3.64. The lowest BCUT2D eigenvalue weighted by Gasteiger charge is -2.39. The Labute approximate surface area is 183 Å². The van der Waals surface area contributed by atoms with Gasteiger partial charge in [-0.1, -0.05) is 39.3 Å². The highest BCUT2D eigenvalue weighted by Gasteiger charge is 2.39. The Hall–Kier alpha value is -1.04. The first kappa shape index (κ1) is 26.0. The second-order valence-corrected chi connectivity index (χ2v) is 15.7. The third-order valence-electron chi connectivity index (χ3n) is 5.91. The Balaban J connectivity index is 2.94. The summed E-state index contributed by atoms with van der Waals surface area (Å²) < 4.78 is 6.81. The van der Waals surface area contributed by atoms with Crippen LogP contribution in [-0.4, -0.2) is 25.7 Å². The number of carbonyl (C=O) groups is 1. The van der Waals surface area contributed by atoms with Crippen molar-refractivity contribution in [2.45, 2.75) is 98.4 Å². The van der Waals surface area contributed by atoms with E-state index in [0.717, 1.165) is 42.7 Å². The topological polar surface area (TPSA) is 39.2 Å². The van der Waals surface area contributed by atoms with Crippen molar-refractivity contribution in [3.05, 3.63) is 33.3 Å². The molecule has 0 fully saturated rings. The van der Waals surface area contributed by atoms with Gasteiger partial charge in [0.25, 0.3) is 0 Å². The molecule has 1 rings (SSSR count). The average molecular weight is 436 g/mol. The molecule has 2 atom stereocenters. The van der Waals surface area contributed by atoms with E-state index in [1.165, 1.54) is 11.1 Å². The number of allylic oxidation sites excluding steroid dienone is 1. The smallest absolute Gasteiger partial charge is 0.192 e. The van der Waals surface area contributed by atoms with Crippen LogP contribution in [0.3, 0.4) is 0 Å². The van der Waals surface area contributed by atoms with Crippen molar-refractivity contribution >= 4 is 32.0 Å². The zero-order valence-electron chi connectivity index (χ0n) is 20.0. The molecule has 1 aromatic rings. The molecule has 1 aromatic heterocycles. The summed E-state index contributed by atoms with van der Waals surface area (Å²) >= 11 is 1.68. The van der Waals surface area contributed by atoms with E-state index in [1.54, 1.807) is 11.3 Å². The van der Waals surface area contributed by atoms with Gasteiger partial charge in [0, 0.05) is 11.3 Å². The molecule has 0 aliphatic carbocycles. The standard InChI is InChI=1S/C24H41NO2SSi/c1-18(11-10-12-19(2)16-26)13-14-23(27-29(8,9)24(5,6)7)20(3)15-22-17-28-21(4)25-22/h13,15-17,19,23H,10-12,14H2,1-9H3/b18-13-,20-15+/t19-,23-/m0/s1. The van der Waals surface area contributed by atoms with Crippen molar-refractivity contribution in [1.29, 1.82) is 0 Å². The quantitative estimate of drug-likeness (QED) is 0.204. The van der Waals surface area contributed by atoms with Gasteiger partial charge in [-0.2, -0.15) is 0 Å². The van der Waals surface area contributed by atoms with Crippen LogP contribution in [0.2, 0.25) is 18.1 Å². The fourth-order valence-electron chi connectivity index (χ4n) is 2.81. The first-order valence-corrected chi connectivity index (χ1v) is 14.5. The number of aromatic nitrogens is 1. The van der Waals surface area contributed by atoms with Gasteiger partial charge in [-0.3, -0.25) is 0 Å². The van der Waals surface area contributed by atoms with Crippen LogP contribution in [0.25, 0.3) is 6.08 Å². The molecule has 0 saturated carbocycles. The zero-order chi connectivity index (χ0) is 22.2. The van der Waals surface area contributed by atoms with E-state index in [4.69, 9.17) is 4.43 Å². The van der Waals surface area contributed by atoms with Crippen molar-refractivity contribution in [3.63, 3.8) is 0 Å². The second-order valence-electron chi connectivity index (χ2n) is 9.84. The van der Waals surface area contributed by atoms with Crippen LogP contribution in [0.1, 0.15) is 77.9 Å². The minimum atomic E-state index is -1.89. The monoisotopic (exact) mass is 435 g/mol. The molecule has 0 amide bonds. The van der Waals surface area contributed by atoms with Gasteiger partial charge >= 0.3 is 0 Å². The van der Waals surface area contributed by atoms with Crippen molar-refractivity contribution in [2.24, 2.45) is 5.92 Å². The van der Waals surface area contributed by atoms with Gasteiger partial charge in [-0.05, 0) is 76.2 Å². The Morgan fingerprint density at radius 3 is 2.48 bits per heavy atom. The highest BCUT2D eigenvalue weighted by molar-refractivity contribution is 7.09. The first-order valence-electron chi connectivity index (χ1n) is 10.7. The van der Waals surface area contributed by atoms with Gasteiger partial charge < -0.3 is 9.22 Å². The number of carbonyl (C=O) groups excluding carboxylic acids is 1. The maximum Gasteiger partial charge on any atom is 0.192 e. The van der Waals surface area contributed by atoms with E-state index in [2.05, 4.69) is 70.2 Å². The molecule has 0 aliphatic rings. The number of rotatable bonds is 11. The maximum absolute atomic E-state index is 10.8. The van der Waals surface area contributed by atoms with E-state index in [-0.39, 0.29) is 17.1 Å². The van der Waals surface area contributed by atoms with Crippen molar-refractivity contribution in [1.82, 2.24) is 4.98 Å². The third-order valence-corrected chi connectivity index (χ3v) is 11.2. The fourth-order valence-corrected chi connectivity index (χ4v) is 4.73. The molecule has 0 bridgehead atoms. The van der Waals surface area contributed by atoms with E-state index in [9.17, 15) is 4.79 Å². The van der Waals surface area contributed by atoms with Crippen LogP contribution in [0.5, 0.6) is 0 Å². The van der Waals surface area contributed by atoms with E-state index < -0.39 is 8.32 Å².